The van der Waals surface area contributed by atoms with Gasteiger partial charge >= 0.3 is 12.2 Å². The zero-order valence-electron chi connectivity index (χ0n) is 16.2. The number of amides is 3. The van der Waals surface area contributed by atoms with Crippen LogP contribution < -0.4 is 20.7 Å². The monoisotopic (exact) mass is 415 g/mol. The molecule has 0 aliphatic carbocycles. The van der Waals surface area contributed by atoms with Crippen LogP contribution >= 0.6 is 0 Å². The van der Waals surface area contributed by atoms with Crippen LogP contribution in [0, 0.1) is 6.92 Å². The lowest BCUT2D eigenvalue weighted by atomic mass is 10.1. The van der Waals surface area contributed by atoms with Gasteiger partial charge in [0.1, 0.15) is 5.75 Å². The van der Waals surface area contributed by atoms with Gasteiger partial charge in [-0.2, -0.15) is 13.2 Å². The van der Waals surface area contributed by atoms with E-state index >= 15 is 0 Å². The van der Waals surface area contributed by atoms with E-state index in [0.717, 1.165) is 10.5 Å². The number of nitrogens with one attached hydrogen (secondary N) is 3. The summed E-state index contributed by atoms with van der Waals surface area (Å²) >= 11 is 0. The topological polar surface area (TPSA) is 95.1 Å². The molecular formula is C18H24F3N5O3. The van der Waals surface area contributed by atoms with E-state index in [2.05, 4.69) is 20.9 Å². The number of hydrogen-bond acceptors (Lipinski definition) is 4. The molecule has 0 saturated carbocycles. The van der Waals surface area contributed by atoms with Crippen molar-refractivity contribution >= 4 is 17.9 Å². The van der Waals surface area contributed by atoms with E-state index < -0.39 is 18.8 Å². The second-order valence-electron chi connectivity index (χ2n) is 6.34. The van der Waals surface area contributed by atoms with Crippen molar-refractivity contribution in [1.29, 1.82) is 0 Å². The molecule has 1 aromatic rings. The molecule has 29 heavy (non-hydrogen) atoms. The van der Waals surface area contributed by atoms with Crippen molar-refractivity contribution in [3.63, 3.8) is 0 Å². The third kappa shape index (κ3) is 7.16. The van der Waals surface area contributed by atoms with Gasteiger partial charge in [-0.25, -0.2) is 9.79 Å². The average Bonchev–Trinajstić information content (AvgIpc) is 2.96. The standard InChI is InChI=1S/C18H24F3N5O3/c1-3-22-16(23-6-7-26-15(27)10-25-17(26)28)24-9-13-5-4-12(2)8-14(13)29-11-18(19,20)21/h4-5,8H,3,6-7,9-11H2,1-2H3,(H,25,28)(H2,22,23,24). The lowest BCUT2D eigenvalue weighted by molar-refractivity contribution is -0.153. The highest BCUT2D eigenvalue weighted by molar-refractivity contribution is 6.01. The molecule has 1 aromatic carbocycles. The third-order valence-electron chi connectivity index (χ3n) is 3.93. The predicted octanol–water partition coefficient (Wildman–Crippen LogP) is 1.54. The molecule has 3 N–H and O–H groups in total. The van der Waals surface area contributed by atoms with Crippen LogP contribution in [0.4, 0.5) is 18.0 Å². The first-order chi connectivity index (χ1) is 13.7. The molecule has 8 nitrogen and oxygen atoms in total. The fraction of sp³-hybridized carbons (Fsp3) is 0.500. The Morgan fingerprint density at radius 1 is 1.31 bits per heavy atom. The molecule has 2 rings (SSSR count). The van der Waals surface area contributed by atoms with Gasteiger partial charge in [0.25, 0.3) is 0 Å². The summed E-state index contributed by atoms with van der Waals surface area (Å²) in [6.45, 7) is 3.31. The lowest BCUT2D eigenvalue weighted by Gasteiger charge is -2.16. The van der Waals surface area contributed by atoms with Crippen LogP contribution in [0.1, 0.15) is 18.1 Å². The molecule has 1 saturated heterocycles. The van der Waals surface area contributed by atoms with Gasteiger partial charge in [-0.15, -0.1) is 0 Å². The minimum Gasteiger partial charge on any atom is -0.484 e. The molecule has 1 heterocycles. The number of ether oxygens (including phenoxy) is 1. The first-order valence-corrected chi connectivity index (χ1v) is 9.09. The van der Waals surface area contributed by atoms with Crippen molar-refractivity contribution in [3.05, 3.63) is 29.3 Å². The van der Waals surface area contributed by atoms with Gasteiger partial charge in [0.15, 0.2) is 12.6 Å². The van der Waals surface area contributed by atoms with E-state index in [0.29, 0.717) is 18.1 Å². The Labute approximate surface area is 166 Å². The first-order valence-electron chi connectivity index (χ1n) is 9.09. The normalized spacial score (nSPS) is 14.8. The molecule has 1 fully saturated rings. The van der Waals surface area contributed by atoms with Gasteiger partial charge in [-0.3, -0.25) is 9.69 Å². The molecule has 0 bridgehead atoms. The highest BCUT2D eigenvalue weighted by Crippen LogP contribution is 2.24. The van der Waals surface area contributed by atoms with Crippen LogP contribution in [0.5, 0.6) is 5.75 Å². The van der Waals surface area contributed by atoms with Gasteiger partial charge in [-0.05, 0) is 25.5 Å². The molecule has 0 unspecified atom stereocenters. The smallest absolute Gasteiger partial charge is 0.422 e. The Kier molecular flexibility index (Phi) is 7.68. The molecule has 160 valence electrons. The molecule has 11 heteroatoms. The van der Waals surface area contributed by atoms with E-state index in [-0.39, 0.29) is 37.8 Å². The summed E-state index contributed by atoms with van der Waals surface area (Å²) in [5.74, 6) is 0.230. The molecule has 0 atom stereocenters. The van der Waals surface area contributed by atoms with Crippen molar-refractivity contribution in [2.45, 2.75) is 26.6 Å². The van der Waals surface area contributed by atoms with Crippen molar-refractivity contribution in [1.82, 2.24) is 20.9 Å². The van der Waals surface area contributed by atoms with Gasteiger partial charge in [-0.1, -0.05) is 12.1 Å². The number of urea groups is 1. The Hall–Kier alpha value is -2.98. The van der Waals surface area contributed by atoms with Gasteiger partial charge in [0.05, 0.1) is 13.1 Å². The van der Waals surface area contributed by atoms with Crippen molar-refractivity contribution in [2.75, 3.05) is 32.8 Å². The molecular weight excluding hydrogens is 391 g/mol. The number of hydrogen-bond donors (Lipinski definition) is 3. The van der Waals surface area contributed by atoms with Gasteiger partial charge in [0.2, 0.25) is 5.91 Å². The second kappa shape index (κ2) is 9.99. The fourth-order valence-corrected chi connectivity index (χ4v) is 2.56. The highest BCUT2D eigenvalue weighted by Gasteiger charge is 2.29. The fourth-order valence-electron chi connectivity index (χ4n) is 2.56. The number of imide groups is 1. The van der Waals surface area contributed by atoms with E-state index in [1.54, 1.807) is 19.1 Å². The average molecular weight is 415 g/mol. The number of alkyl halides is 3. The third-order valence-corrected chi connectivity index (χ3v) is 3.93. The number of carbonyl (C=O) groups is 2. The number of halogens is 3. The summed E-state index contributed by atoms with van der Waals surface area (Å²) in [6, 6.07) is 4.53. The zero-order chi connectivity index (χ0) is 21.4. The van der Waals surface area contributed by atoms with Crippen LogP contribution in [-0.4, -0.2) is 61.8 Å². The highest BCUT2D eigenvalue weighted by atomic mass is 19.4. The van der Waals surface area contributed by atoms with E-state index in [9.17, 15) is 22.8 Å². The Bertz CT molecular complexity index is 752. The molecule has 3 amide bonds. The summed E-state index contributed by atoms with van der Waals surface area (Å²) in [4.78, 5) is 28.5. The van der Waals surface area contributed by atoms with Crippen LogP contribution in [-0.2, 0) is 11.3 Å². The number of benzene rings is 1. The largest absolute Gasteiger partial charge is 0.484 e. The van der Waals surface area contributed by atoms with Crippen LogP contribution in [0.2, 0.25) is 0 Å². The molecule has 0 aromatic heterocycles. The number of aliphatic imine (C=N–C) groups is 1. The summed E-state index contributed by atoms with van der Waals surface area (Å²) in [5.41, 5.74) is 1.28. The van der Waals surface area contributed by atoms with Gasteiger partial charge in [0, 0.05) is 25.2 Å². The van der Waals surface area contributed by atoms with Crippen LogP contribution in [0.15, 0.2) is 23.2 Å². The number of nitrogens with zero attached hydrogens (tertiary/aromatic N) is 2. The SMILES string of the molecule is CCNC(=NCc1ccc(C)cc1OCC(F)(F)F)NCCN1C(=O)CNC1=O. The van der Waals surface area contributed by atoms with Crippen molar-refractivity contribution in [3.8, 4) is 5.75 Å². The zero-order valence-corrected chi connectivity index (χ0v) is 16.2. The van der Waals surface area contributed by atoms with E-state index in [1.165, 1.54) is 6.07 Å². The van der Waals surface area contributed by atoms with E-state index in [1.807, 2.05) is 6.92 Å². The minimum atomic E-state index is -4.43. The maximum atomic E-state index is 12.5. The quantitative estimate of drug-likeness (QED) is 0.340. The molecule has 0 spiro atoms. The second-order valence-corrected chi connectivity index (χ2v) is 6.34. The minimum absolute atomic E-state index is 0.0128. The number of rotatable bonds is 8. The summed E-state index contributed by atoms with van der Waals surface area (Å²) in [7, 11) is 0. The Morgan fingerprint density at radius 3 is 2.69 bits per heavy atom. The van der Waals surface area contributed by atoms with Crippen LogP contribution in [0.25, 0.3) is 0 Å². The number of aryl methyl sites for hydroxylation is 1. The van der Waals surface area contributed by atoms with Crippen molar-refractivity contribution in [2.24, 2.45) is 4.99 Å². The number of carbonyl (C=O) groups excluding carboxylic acids is 2. The Morgan fingerprint density at radius 2 is 2.07 bits per heavy atom. The Balaban J connectivity index is 2.00. The van der Waals surface area contributed by atoms with Crippen molar-refractivity contribution < 1.29 is 27.5 Å². The maximum Gasteiger partial charge on any atom is 0.422 e. The molecule has 1 aliphatic rings. The van der Waals surface area contributed by atoms with E-state index in [4.69, 9.17) is 4.74 Å². The lowest BCUT2D eigenvalue weighted by Crippen LogP contribution is -2.43. The summed E-state index contributed by atoms with van der Waals surface area (Å²) < 4.78 is 42.4. The van der Waals surface area contributed by atoms with Crippen LogP contribution in [0.3, 0.4) is 0 Å². The first kappa shape index (κ1) is 22.3. The molecule has 1 aliphatic heterocycles. The van der Waals surface area contributed by atoms with Gasteiger partial charge < -0.3 is 20.7 Å². The predicted molar refractivity (Wildman–Crippen MR) is 101 cm³/mol. The summed E-state index contributed by atoms with van der Waals surface area (Å²) in [6.07, 6.45) is -4.43. The number of guanidine groups is 1. The maximum absolute atomic E-state index is 12.5. The summed E-state index contributed by atoms with van der Waals surface area (Å²) in [5, 5.41) is 8.42. The molecule has 0 radical (unpaired) electrons.